The van der Waals surface area contributed by atoms with E-state index in [9.17, 15) is 27.6 Å². The van der Waals surface area contributed by atoms with Crippen molar-refractivity contribution in [3.8, 4) is 16.5 Å². The molecule has 50 heavy (non-hydrogen) atoms. The Hall–Kier alpha value is -4.05. The van der Waals surface area contributed by atoms with Crippen LogP contribution in [0.3, 0.4) is 0 Å². The highest BCUT2D eigenvalue weighted by Gasteiger charge is 2.62. The lowest BCUT2D eigenvalue weighted by atomic mass is 9.85. The molecule has 3 saturated carbocycles. The number of thiazole rings is 1. The molecule has 6 rings (SSSR count). The summed E-state index contributed by atoms with van der Waals surface area (Å²) in [5.74, 6) is -2.04. The van der Waals surface area contributed by atoms with Crippen molar-refractivity contribution < 1.29 is 37.1 Å². The van der Waals surface area contributed by atoms with Crippen LogP contribution in [0.5, 0.6) is 5.75 Å². The normalized spacial score (nSPS) is 25.7. The van der Waals surface area contributed by atoms with E-state index in [1.54, 1.807) is 45.3 Å². The number of pyridine rings is 1. The predicted molar refractivity (Wildman–Crippen MR) is 184 cm³/mol. The molecule has 16 heteroatoms. The number of nitrogens with one attached hydrogen (secondary N) is 3. The van der Waals surface area contributed by atoms with Crippen LogP contribution in [0.25, 0.3) is 10.7 Å². The summed E-state index contributed by atoms with van der Waals surface area (Å²) in [7, 11) is -3.88. The van der Waals surface area contributed by atoms with Crippen molar-refractivity contribution >= 4 is 45.2 Å². The van der Waals surface area contributed by atoms with Gasteiger partial charge in [0, 0.05) is 36.2 Å². The van der Waals surface area contributed by atoms with Gasteiger partial charge in [-0.05, 0) is 56.4 Å². The molecule has 3 aliphatic carbocycles. The summed E-state index contributed by atoms with van der Waals surface area (Å²) in [6, 6.07) is 1.23. The number of likely N-dealkylation sites (tertiary alicyclic amines) is 1. The molecule has 3 heterocycles. The first kappa shape index (κ1) is 35.8. The predicted octanol–water partition coefficient (Wildman–Crippen LogP) is 3.31. The molecule has 5 atom stereocenters. The lowest BCUT2D eigenvalue weighted by molar-refractivity contribution is -0.143. The number of hydrogen-bond acceptors (Lipinski definition) is 11. The Kier molecular flexibility index (Phi) is 9.96. The molecule has 0 unspecified atom stereocenters. The van der Waals surface area contributed by atoms with Gasteiger partial charge in [0.2, 0.25) is 21.8 Å². The van der Waals surface area contributed by atoms with E-state index in [4.69, 9.17) is 9.47 Å². The number of rotatable bonds is 12. The number of nitrogens with zero attached hydrogens (tertiary/aromatic N) is 3. The minimum absolute atomic E-state index is 0.00208. The second-order valence-corrected chi connectivity index (χ2v) is 17.5. The number of hydrogen-bond donors (Lipinski definition) is 3. The topological polar surface area (TPSA) is 186 Å². The molecule has 1 saturated heterocycles. The zero-order chi connectivity index (χ0) is 35.8. The smallest absolute Gasteiger partial charge is 0.408 e. The largest absolute Gasteiger partial charge is 0.488 e. The SMILES string of the molecule is C=C[C@@H]1C[C@]1(NC(=O)[C@@H]1C[C@@H](Oc2ccnc(-c3nccs3)c2)CN1C(=O)[C@@H](NC(=O)OC1CCCC1)C(C)(C)C)C(=O)NS(=O)(=O)C1CC1. The minimum Gasteiger partial charge on any atom is -0.488 e. The van der Waals surface area contributed by atoms with Gasteiger partial charge < -0.3 is 25.0 Å². The molecule has 0 spiro atoms. The van der Waals surface area contributed by atoms with Gasteiger partial charge in [0.1, 0.15) is 46.3 Å². The number of alkyl carbamates (subject to hydrolysis) is 1. The molecule has 2 aromatic heterocycles. The number of carbonyl (C=O) groups is 4. The Morgan fingerprint density at radius 3 is 2.46 bits per heavy atom. The van der Waals surface area contributed by atoms with Crippen molar-refractivity contribution in [2.24, 2.45) is 11.3 Å². The van der Waals surface area contributed by atoms with Crippen LogP contribution >= 0.6 is 11.3 Å². The van der Waals surface area contributed by atoms with Crippen LogP contribution in [0.1, 0.15) is 72.1 Å². The highest BCUT2D eigenvalue weighted by molar-refractivity contribution is 7.91. The molecule has 3 N–H and O–H groups in total. The average Bonchev–Trinajstić information content (AvgIpc) is 3.81. The van der Waals surface area contributed by atoms with Crippen molar-refractivity contribution in [3.05, 3.63) is 42.6 Å². The van der Waals surface area contributed by atoms with Gasteiger partial charge in [0.25, 0.3) is 5.91 Å². The molecule has 270 valence electrons. The summed E-state index contributed by atoms with van der Waals surface area (Å²) < 4.78 is 39.4. The van der Waals surface area contributed by atoms with Gasteiger partial charge in [0.05, 0.1) is 11.8 Å². The van der Waals surface area contributed by atoms with Crippen LogP contribution in [0.4, 0.5) is 4.79 Å². The van der Waals surface area contributed by atoms with E-state index in [0.29, 0.717) is 29.3 Å². The van der Waals surface area contributed by atoms with Crippen LogP contribution in [0, 0.1) is 11.3 Å². The molecule has 4 amide bonds. The number of carbonyl (C=O) groups excluding carboxylic acids is 4. The van der Waals surface area contributed by atoms with Crippen molar-refractivity contribution in [3.63, 3.8) is 0 Å². The van der Waals surface area contributed by atoms with Crippen LogP contribution in [0.15, 0.2) is 42.6 Å². The van der Waals surface area contributed by atoms with E-state index in [-0.39, 0.29) is 25.5 Å². The Labute approximate surface area is 295 Å². The third-order valence-electron chi connectivity index (χ3n) is 9.73. The number of amides is 4. The molecule has 4 aliphatic rings. The molecule has 4 fully saturated rings. The maximum atomic E-state index is 14.4. The van der Waals surface area contributed by atoms with Crippen molar-refractivity contribution in [2.75, 3.05) is 6.54 Å². The zero-order valence-corrected chi connectivity index (χ0v) is 30.1. The fraction of sp³-hybridized carbons (Fsp3) is 0.588. The van der Waals surface area contributed by atoms with Crippen molar-refractivity contribution in [2.45, 2.75) is 107 Å². The van der Waals surface area contributed by atoms with E-state index in [1.165, 1.54) is 22.3 Å². The second kappa shape index (κ2) is 13.9. The molecular weight excluding hydrogens is 685 g/mol. The summed E-state index contributed by atoms with van der Waals surface area (Å²) >= 11 is 1.42. The summed E-state index contributed by atoms with van der Waals surface area (Å²) in [4.78, 5) is 65.1. The van der Waals surface area contributed by atoms with Crippen molar-refractivity contribution in [1.29, 1.82) is 0 Å². The van der Waals surface area contributed by atoms with E-state index in [0.717, 1.165) is 25.7 Å². The lowest BCUT2D eigenvalue weighted by Crippen LogP contribution is -2.60. The van der Waals surface area contributed by atoms with Gasteiger partial charge in [-0.25, -0.2) is 18.2 Å². The fourth-order valence-corrected chi connectivity index (χ4v) is 8.63. The Morgan fingerprint density at radius 1 is 1.10 bits per heavy atom. The van der Waals surface area contributed by atoms with Gasteiger partial charge in [0.15, 0.2) is 0 Å². The maximum Gasteiger partial charge on any atom is 0.408 e. The van der Waals surface area contributed by atoms with Gasteiger partial charge in [-0.2, -0.15) is 0 Å². The average molecular weight is 729 g/mol. The molecule has 14 nitrogen and oxygen atoms in total. The number of sulfonamides is 1. The van der Waals surface area contributed by atoms with Gasteiger partial charge in [-0.15, -0.1) is 17.9 Å². The molecule has 1 aliphatic heterocycles. The molecule has 0 aromatic carbocycles. The second-order valence-electron chi connectivity index (χ2n) is 14.6. The summed E-state index contributed by atoms with van der Waals surface area (Å²) in [5.41, 5.74) is -1.70. The first-order valence-corrected chi connectivity index (χ1v) is 19.4. The highest BCUT2D eigenvalue weighted by atomic mass is 32.2. The monoisotopic (exact) mass is 728 g/mol. The standard InChI is InChI=1S/C34H44N6O8S2/c1-5-20-18-34(20,31(43)39-50(45,46)24-10-11-24)38-28(41)26-17-23(47-22-12-13-35-25(16-22)29-36-14-15-49-29)19-40(26)30(42)27(33(2,3)4)37-32(44)48-21-8-6-7-9-21/h5,12-16,20-21,23-24,26-27H,1,6-11,17-19H2,2-4H3,(H,37,44)(H,38,41)(H,39,43)/t20-,23-,26+,27-,34-/m1/s1. The van der Waals surface area contributed by atoms with Crippen molar-refractivity contribution in [1.82, 2.24) is 30.2 Å². The lowest BCUT2D eigenvalue weighted by Gasteiger charge is -2.35. The minimum atomic E-state index is -3.88. The maximum absolute atomic E-state index is 14.4. The Bertz CT molecular complexity index is 1740. The van der Waals surface area contributed by atoms with E-state index in [2.05, 4.69) is 31.9 Å². The van der Waals surface area contributed by atoms with Gasteiger partial charge in [-0.3, -0.25) is 24.1 Å². The zero-order valence-electron chi connectivity index (χ0n) is 28.4. The fourth-order valence-electron chi connectivity index (χ4n) is 6.66. The van der Waals surface area contributed by atoms with Gasteiger partial charge >= 0.3 is 6.09 Å². The summed E-state index contributed by atoms with van der Waals surface area (Å²) in [6.07, 6.45) is 7.80. The number of aromatic nitrogens is 2. The number of ether oxygens (including phenoxy) is 2. The van der Waals surface area contributed by atoms with Gasteiger partial charge in [-0.1, -0.05) is 26.8 Å². The first-order valence-electron chi connectivity index (χ1n) is 17.0. The Morgan fingerprint density at radius 2 is 1.84 bits per heavy atom. The van der Waals surface area contributed by atoms with E-state index >= 15 is 0 Å². The summed E-state index contributed by atoms with van der Waals surface area (Å²) in [6.45, 7) is 9.18. The van der Waals surface area contributed by atoms with Crippen LogP contribution in [0.2, 0.25) is 0 Å². The van der Waals surface area contributed by atoms with E-state index < -0.39 is 74.1 Å². The van der Waals surface area contributed by atoms with Crippen LogP contribution in [-0.2, 0) is 29.1 Å². The molecular formula is C34H44N6O8S2. The molecule has 0 bridgehead atoms. The highest BCUT2D eigenvalue weighted by Crippen LogP contribution is 2.45. The first-order chi connectivity index (χ1) is 23.7. The quantitative estimate of drug-likeness (QED) is 0.274. The molecule has 2 aromatic rings. The van der Waals surface area contributed by atoms with Crippen LogP contribution < -0.4 is 20.1 Å². The third kappa shape index (κ3) is 7.80. The van der Waals surface area contributed by atoms with E-state index in [1.807, 2.05) is 5.38 Å². The Balaban J connectivity index is 1.24. The molecule has 0 radical (unpaired) electrons. The third-order valence-corrected chi connectivity index (χ3v) is 12.3. The van der Waals surface area contributed by atoms with Crippen LogP contribution in [-0.4, -0.2) is 88.7 Å². The summed E-state index contributed by atoms with van der Waals surface area (Å²) in [5, 5.41) is 7.46.